The van der Waals surface area contributed by atoms with Gasteiger partial charge in [-0.25, -0.2) is 0 Å². The molecule has 32 heavy (non-hydrogen) atoms. The third-order valence-electron chi connectivity index (χ3n) is 6.50. The molecule has 9 heteroatoms. The Balaban J connectivity index is 1.75. The van der Waals surface area contributed by atoms with Crippen LogP contribution >= 0.6 is 11.8 Å². The zero-order valence-electron chi connectivity index (χ0n) is 19.1. The molecule has 0 saturated carbocycles. The van der Waals surface area contributed by atoms with Crippen molar-refractivity contribution in [3.05, 3.63) is 30.3 Å². The zero-order valence-corrected chi connectivity index (χ0v) is 19.9. The fourth-order valence-corrected chi connectivity index (χ4v) is 5.42. The maximum absolute atomic E-state index is 13.2. The first kappa shape index (κ1) is 25.3. The summed E-state index contributed by atoms with van der Waals surface area (Å²) >= 11 is 1.26. The molecule has 3 rings (SSSR count). The molecule has 0 aromatic heterocycles. The van der Waals surface area contributed by atoms with Crippen molar-refractivity contribution in [2.75, 3.05) is 31.7 Å². The van der Waals surface area contributed by atoms with Crippen LogP contribution in [0.25, 0.3) is 0 Å². The van der Waals surface area contributed by atoms with E-state index in [9.17, 15) is 20.1 Å². The average Bonchev–Trinajstić information content (AvgIpc) is 3.16. The van der Waals surface area contributed by atoms with Crippen LogP contribution in [0.4, 0.5) is 5.69 Å². The van der Waals surface area contributed by atoms with E-state index in [0.717, 1.165) is 31.5 Å². The summed E-state index contributed by atoms with van der Waals surface area (Å²) in [6.45, 7) is 3.35. The van der Waals surface area contributed by atoms with Crippen LogP contribution in [0.3, 0.4) is 0 Å². The van der Waals surface area contributed by atoms with Crippen LogP contribution in [-0.2, 0) is 9.53 Å². The van der Waals surface area contributed by atoms with Crippen molar-refractivity contribution in [3.63, 3.8) is 0 Å². The number of anilines is 1. The van der Waals surface area contributed by atoms with E-state index in [1.54, 1.807) is 6.26 Å². The molecule has 1 aromatic carbocycles. The van der Waals surface area contributed by atoms with Gasteiger partial charge in [0.2, 0.25) is 5.91 Å². The highest BCUT2D eigenvalue weighted by atomic mass is 32.2. The first-order valence-corrected chi connectivity index (χ1v) is 12.7. The van der Waals surface area contributed by atoms with E-state index < -0.39 is 35.9 Å². The van der Waals surface area contributed by atoms with Crippen molar-refractivity contribution in [1.29, 1.82) is 0 Å². The molecule has 0 radical (unpaired) electrons. The number of nitrogens with zero attached hydrogens (tertiary/aromatic N) is 1. The molecular formula is C23H37N3O5S. The van der Waals surface area contributed by atoms with Gasteiger partial charge in [-0.2, -0.15) is 0 Å². The number of carbonyl (C=O) groups is 1. The van der Waals surface area contributed by atoms with Crippen molar-refractivity contribution in [2.45, 2.75) is 68.1 Å². The number of benzene rings is 1. The van der Waals surface area contributed by atoms with Gasteiger partial charge in [-0.3, -0.25) is 9.69 Å². The minimum Gasteiger partial charge on any atom is -0.388 e. The van der Waals surface area contributed by atoms with Crippen LogP contribution in [0.15, 0.2) is 30.3 Å². The van der Waals surface area contributed by atoms with Gasteiger partial charge in [0.1, 0.15) is 29.9 Å². The molecule has 1 aromatic rings. The van der Waals surface area contributed by atoms with Crippen molar-refractivity contribution in [2.24, 2.45) is 5.92 Å². The number of para-hydroxylation sites is 1. The van der Waals surface area contributed by atoms with Gasteiger partial charge in [0, 0.05) is 18.8 Å². The molecule has 2 fully saturated rings. The number of likely N-dealkylation sites (N-methyl/N-ethyl adjacent to an activating group) is 1. The van der Waals surface area contributed by atoms with E-state index in [0.29, 0.717) is 12.5 Å². The number of thioether (sulfide) groups is 1. The van der Waals surface area contributed by atoms with Gasteiger partial charge in [-0.15, -0.1) is 11.8 Å². The Morgan fingerprint density at radius 2 is 1.94 bits per heavy atom. The van der Waals surface area contributed by atoms with Crippen LogP contribution in [0.5, 0.6) is 0 Å². The van der Waals surface area contributed by atoms with E-state index >= 15 is 0 Å². The largest absolute Gasteiger partial charge is 0.388 e. The molecular weight excluding hydrogens is 430 g/mol. The maximum atomic E-state index is 13.2. The second kappa shape index (κ2) is 11.7. The van der Waals surface area contributed by atoms with E-state index in [1.165, 1.54) is 11.8 Å². The number of rotatable bonds is 9. The smallest absolute Gasteiger partial charge is 0.237 e. The molecule has 2 saturated heterocycles. The Morgan fingerprint density at radius 3 is 2.59 bits per heavy atom. The lowest BCUT2D eigenvalue weighted by molar-refractivity contribution is -0.204. The second-order valence-electron chi connectivity index (χ2n) is 8.88. The van der Waals surface area contributed by atoms with E-state index in [-0.39, 0.29) is 11.9 Å². The van der Waals surface area contributed by atoms with Gasteiger partial charge in [-0.05, 0) is 44.2 Å². The standard InChI is InChI=1S/C23H37N3O5S/c1-4-8-14-11-17(26(2)13-14)22(30)25-16(12-24-15-9-6-5-7-10-15)21-19(28)18(27)20(29)23(31-21)32-3/h5-7,9-10,14,16-21,23-24,27-29H,4,8,11-13H2,1-3H3,(H,25,30)/t14-,16-,17+,18?,19?,20?,21?,23?/m1/s1. The van der Waals surface area contributed by atoms with Gasteiger partial charge in [0.15, 0.2) is 0 Å². The first-order valence-electron chi connectivity index (χ1n) is 11.4. The van der Waals surface area contributed by atoms with Gasteiger partial charge < -0.3 is 30.7 Å². The fourth-order valence-electron chi connectivity index (χ4n) is 4.74. The van der Waals surface area contributed by atoms with Crippen LogP contribution < -0.4 is 10.6 Å². The molecule has 2 heterocycles. The molecule has 0 bridgehead atoms. The number of nitrogens with one attached hydrogen (secondary N) is 2. The van der Waals surface area contributed by atoms with E-state index in [1.807, 2.05) is 37.4 Å². The summed E-state index contributed by atoms with van der Waals surface area (Å²) in [4.78, 5) is 15.3. The maximum Gasteiger partial charge on any atom is 0.237 e. The highest BCUT2D eigenvalue weighted by Crippen LogP contribution is 2.30. The number of amides is 1. The molecule has 1 amide bonds. The number of aliphatic hydroxyl groups is 3. The molecule has 5 N–H and O–H groups in total. The van der Waals surface area contributed by atoms with Crippen molar-refractivity contribution in [1.82, 2.24) is 10.2 Å². The number of likely N-dealkylation sites (tertiary alicyclic amines) is 1. The molecule has 180 valence electrons. The zero-order chi connectivity index (χ0) is 23.3. The minimum atomic E-state index is -1.36. The van der Waals surface area contributed by atoms with Crippen molar-refractivity contribution < 1.29 is 24.9 Å². The molecule has 2 aliphatic heterocycles. The second-order valence-corrected chi connectivity index (χ2v) is 9.82. The molecule has 5 unspecified atom stereocenters. The monoisotopic (exact) mass is 467 g/mol. The number of hydrogen-bond acceptors (Lipinski definition) is 8. The topological polar surface area (TPSA) is 114 Å². The van der Waals surface area contributed by atoms with Crippen LogP contribution in [0.2, 0.25) is 0 Å². The number of ether oxygens (including phenoxy) is 1. The summed E-state index contributed by atoms with van der Waals surface area (Å²) in [5, 5.41) is 37.7. The SMILES string of the molecule is CCC[C@@H]1C[C@@H](C(=O)N[C@H](CNc2ccccc2)C2OC(SC)C(O)C(O)C2O)N(C)C1. The normalized spacial score (nSPS) is 34.2. The van der Waals surface area contributed by atoms with Crippen LogP contribution in [0.1, 0.15) is 26.2 Å². The summed E-state index contributed by atoms with van der Waals surface area (Å²) in [5.41, 5.74) is 0.178. The van der Waals surface area contributed by atoms with E-state index in [4.69, 9.17) is 4.74 Å². The molecule has 8 atom stereocenters. The summed E-state index contributed by atoms with van der Waals surface area (Å²) in [6.07, 6.45) is 0.00137. The molecule has 8 nitrogen and oxygen atoms in total. The summed E-state index contributed by atoms with van der Waals surface area (Å²) in [7, 11) is 1.97. The predicted octanol–water partition coefficient (Wildman–Crippen LogP) is 0.874. The Morgan fingerprint density at radius 1 is 1.22 bits per heavy atom. The number of hydrogen-bond donors (Lipinski definition) is 5. The number of aliphatic hydroxyl groups excluding tert-OH is 3. The molecule has 2 aliphatic rings. The Labute approximate surface area is 194 Å². The third kappa shape index (κ3) is 5.95. The lowest BCUT2D eigenvalue weighted by Gasteiger charge is -2.43. The Bertz CT molecular complexity index is 725. The Hall–Kier alpha value is -1.36. The first-order chi connectivity index (χ1) is 15.3. The van der Waals surface area contributed by atoms with Crippen LogP contribution in [-0.4, -0.2) is 94.5 Å². The minimum absolute atomic E-state index is 0.108. The molecule has 0 spiro atoms. The number of carbonyl (C=O) groups excluding carboxylic acids is 1. The van der Waals surface area contributed by atoms with Gasteiger partial charge in [-0.1, -0.05) is 31.5 Å². The Kier molecular flexibility index (Phi) is 9.22. The van der Waals surface area contributed by atoms with Crippen molar-refractivity contribution in [3.8, 4) is 0 Å². The summed E-state index contributed by atoms with van der Waals surface area (Å²) < 4.78 is 5.97. The third-order valence-corrected chi connectivity index (χ3v) is 7.35. The summed E-state index contributed by atoms with van der Waals surface area (Å²) in [6, 6.07) is 8.73. The van der Waals surface area contributed by atoms with Gasteiger partial charge in [0.05, 0.1) is 12.1 Å². The molecule has 0 aliphatic carbocycles. The van der Waals surface area contributed by atoms with Gasteiger partial charge in [0.25, 0.3) is 0 Å². The fraction of sp³-hybridized carbons (Fsp3) is 0.696. The van der Waals surface area contributed by atoms with Gasteiger partial charge >= 0.3 is 0 Å². The predicted molar refractivity (Wildman–Crippen MR) is 126 cm³/mol. The summed E-state index contributed by atoms with van der Waals surface area (Å²) in [5.74, 6) is 0.388. The van der Waals surface area contributed by atoms with Crippen molar-refractivity contribution >= 4 is 23.4 Å². The lowest BCUT2D eigenvalue weighted by Crippen LogP contribution is -2.64. The quantitative estimate of drug-likeness (QED) is 0.364. The highest BCUT2D eigenvalue weighted by Gasteiger charge is 2.47. The van der Waals surface area contributed by atoms with E-state index in [2.05, 4.69) is 22.5 Å². The van der Waals surface area contributed by atoms with Crippen LogP contribution in [0, 0.1) is 5.92 Å². The average molecular weight is 468 g/mol. The lowest BCUT2D eigenvalue weighted by atomic mass is 9.94. The highest BCUT2D eigenvalue weighted by molar-refractivity contribution is 7.99.